The summed E-state index contributed by atoms with van der Waals surface area (Å²) in [6.07, 6.45) is -0.524. The van der Waals surface area contributed by atoms with E-state index in [1.165, 1.54) is 0 Å². The second-order valence-corrected chi connectivity index (χ2v) is 1.52. The Morgan fingerprint density at radius 3 is 3.00 bits per heavy atom. The zero-order valence-corrected chi connectivity index (χ0v) is 4.77. The van der Waals surface area contributed by atoms with Gasteiger partial charge in [-0.25, -0.2) is 4.89 Å². The number of nitrogens with one attached hydrogen (secondary N) is 1. The minimum atomic E-state index is -0.524. The van der Waals surface area contributed by atoms with Crippen molar-refractivity contribution in [1.29, 1.82) is 0 Å². The van der Waals surface area contributed by atoms with Crippen LogP contribution in [0.3, 0.4) is 0 Å². The Balaban J connectivity index is 2.65. The Bertz CT molecular complexity index is 162. The van der Waals surface area contributed by atoms with Crippen molar-refractivity contribution in [1.82, 2.24) is 20.6 Å². The van der Waals surface area contributed by atoms with Gasteiger partial charge in [-0.3, -0.25) is 5.26 Å². The fraction of sp³-hybridized carbons (Fsp3) is 0.667. The standard InChI is InChI=1S/C3H6N4O2/c1-2(9-8)3-4-6-7-5-3/h2,8H,1H3,(H,4,5,6,7). The van der Waals surface area contributed by atoms with Crippen molar-refractivity contribution in [3.8, 4) is 0 Å². The van der Waals surface area contributed by atoms with Crippen molar-refractivity contribution in [2.24, 2.45) is 0 Å². The first-order valence-corrected chi connectivity index (χ1v) is 2.38. The molecule has 1 rings (SSSR count). The monoisotopic (exact) mass is 130 g/mol. The molecule has 1 heterocycles. The molecule has 9 heavy (non-hydrogen) atoms. The number of H-pyrrole nitrogens is 1. The lowest BCUT2D eigenvalue weighted by Crippen LogP contribution is -1.98. The van der Waals surface area contributed by atoms with Crippen LogP contribution in [0.15, 0.2) is 0 Å². The summed E-state index contributed by atoms with van der Waals surface area (Å²) >= 11 is 0. The van der Waals surface area contributed by atoms with E-state index in [2.05, 4.69) is 25.5 Å². The average Bonchev–Trinajstić information content (AvgIpc) is 2.37. The van der Waals surface area contributed by atoms with Gasteiger partial charge in [0.05, 0.1) is 0 Å². The molecule has 0 bridgehead atoms. The molecule has 0 aromatic carbocycles. The van der Waals surface area contributed by atoms with Crippen molar-refractivity contribution < 1.29 is 10.1 Å². The van der Waals surface area contributed by atoms with Crippen LogP contribution in [0.5, 0.6) is 0 Å². The molecule has 0 fully saturated rings. The highest BCUT2D eigenvalue weighted by Gasteiger charge is 2.08. The molecule has 6 nitrogen and oxygen atoms in total. The predicted molar refractivity (Wildman–Crippen MR) is 26.3 cm³/mol. The quantitative estimate of drug-likeness (QED) is 0.426. The second-order valence-electron chi connectivity index (χ2n) is 1.52. The fourth-order valence-electron chi connectivity index (χ4n) is 0.389. The van der Waals surface area contributed by atoms with E-state index in [0.717, 1.165) is 0 Å². The molecule has 0 saturated carbocycles. The smallest absolute Gasteiger partial charge is 0.206 e. The first-order valence-electron chi connectivity index (χ1n) is 2.38. The lowest BCUT2D eigenvalue weighted by molar-refractivity contribution is -0.278. The maximum atomic E-state index is 8.08. The van der Waals surface area contributed by atoms with E-state index >= 15 is 0 Å². The zero-order valence-electron chi connectivity index (χ0n) is 4.77. The lowest BCUT2D eigenvalue weighted by atomic mass is 10.4. The van der Waals surface area contributed by atoms with Gasteiger partial charge in [0.2, 0.25) is 5.82 Å². The maximum Gasteiger partial charge on any atom is 0.206 e. The SMILES string of the molecule is CC(OO)c1nn[nH]n1. The van der Waals surface area contributed by atoms with Gasteiger partial charge in [0, 0.05) is 0 Å². The predicted octanol–water partition coefficient (Wildman–Crippen LogP) is -0.250. The van der Waals surface area contributed by atoms with Crippen molar-refractivity contribution in [2.75, 3.05) is 0 Å². The van der Waals surface area contributed by atoms with E-state index in [1.54, 1.807) is 6.92 Å². The molecule has 1 aromatic rings. The van der Waals surface area contributed by atoms with Crippen LogP contribution in [0.2, 0.25) is 0 Å². The summed E-state index contributed by atoms with van der Waals surface area (Å²) in [5.74, 6) is 0.331. The number of tetrazole rings is 1. The summed E-state index contributed by atoms with van der Waals surface area (Å²) in [4.78, 5) is 3.91. The normalized spacial score (nSPS) is 13.6. The number of aromatic amines is 1. The van der Waals surface area contributed by atoms with Crippen LogP contribution in [0.1, 0.15) is 18.9 Å². The second kappa shape index (κ2) is 2.51. The van der Waals surface area contributed by atoms with Crippen LogP contribution in [-0.2, 0) is 4.89 Å². The van der Waals surface area contributed by atoms with Gasteiger partial charge in [-0.15, -0.1) is 10.2 Å². The molecule has 0 aliphatic carbocycles. The van der Waals surface area contributed by atoms with E-state index in [0.29, 0.717) is 5.82 Å². The molecular formula is C3H6N4O2. The molecule has 0 radical (unpaired) electrons. The minimum Gasteiger partial charge on any atom is -0.251 e. The molecule has 50 valence electrons. The molecule has 0 saturated heterocycles. The molecule has 6 heteroatoms. The summed E-state index contributed by atoms with van der Waals surface area (Å²) in [6, 6.07) is 0. The van der Waals surface area contributed by atoms with Gasteiger partial charge in [-0.1, -0.05) is 5.21 Å². The average molecular weight is 130 g/mol. The first kappa shape index (κ1) is 6.12. The van der Waals surface area contributed by atoms with Crippen LogP contribution < -0.4 is 0 Å². The van der Waals surface area contributed by atoms with Crippen LogP contribution in [0.4, 0.5) is 0 Å². The number of aromatic nitrogens is 4. The molecule has 0 aliphatic heterocycles. The Labute approximate surface area is 50.8 Å². The third-order valence-electron chi connectivity index (χ3n) is 0.883. The van der Waals surface area contributed by atoms with E-state index in [-0.39, 0.29) is 0 Å². The minimum absolute atomic E-state index is 0.331. The van der Waals surface area contributed by atoms with Crippen molar-refractivity contribution in [3.05, 3.63) is 5.82 Å². The largest absolute Gasteiger partial charge is 0.251 e. The molecule has 0 amide bonds. The van der Waals surface area contributed by atoms with Crippen LogP contribution in [-0.4, -0.2) is 25.9 Å². The molecule has 1 unspecified atom stereocenters. The van der Waals surface area contributed by atoms with Crippen LogP contribution in [0, 0.1) is 0 Å². The Morgan fingerprint density at radius 2 is 2.56 bits per heavy atom. The van der Waals surface area contributed by atoms with E-state index in [9.17, 15) is 0 Å². The number of hydrogen-bond donors (Lipinski definition) is 2. The third-order valence-corrected chi connectivity index (χ3v) is 0.883. The maximum absolute atomic E-state index is 8.08. The zero-order chi connectivity index (χ0) is 6.69. The van der Waals surface area contributed by atoms with Gasteiger partial charge < -0.3 is 0 Å². The number of rotatable bonds is 2. The first-order chi connectivity index (χ1) is 4.34. The van der Waals surface area contributed by atoms with Crippen molar-refractivity contribution in [2.45, 2.75) is 13.0 Å². The van der Waals surface area contributed by atoms with Crippen molar-refractivity contribution >= 4 is 0 Å². The van der Waals surface area contributed by atoms with Gasteiger partial charge in [0.25, 0.3) is 0 Å². The Morgan fingerprint density at radius 1 is 1.78 bits per heavy atom. The number of hydrogen-bond acceptors (Lipinski definition) is 5. The van der Waals surface area contributed by atoms with Crippen LogP contribution in [0.25, 0.3) is 0 Å². The van der Waals surface area contributed by atoms with Gasteiger partial charge in [-0.05, 0) is 6.92 Å². The Kier molecular flexibility index (Phi) is 1.71. The van der Waals surface area contributed by atoms with Crippen LogP contribution >= 0.6 is 0 Å². The van der Waals surface area contributed by atoms with E-state index < -0.39 is 6.10 Å². The van der Waals surface area contributed by atoms with E-state index in [1.807, 2.05) is 0 Å². The lowest BCUT2D eigenvalue weighted by Gasteiger charge is -1.97. The number of nitrogens with zero attached hydrogens (tertiary/aromatic N) is 3. The molecule has 1 aromatic heterocycles. The fourth-order valence-corrected chi connectivity index (χ4v) is 0.389. The van der Waals surface area contributed by atoms with Gasteiger partial charge in [0.1, 0.15) is 0 Å². The highest BCUT2D eigenvalue weighted by Crippen LogP contribution is 2.05. The summed E-state index contributed by atoms with van der Waals surface area (Å²) < 4.78 is 0. The molecule has 0 aliphatic rings. The van der Waals surface area contributed by atoms with Gasteiger partial charge in [-0.2, -0.15) is 5.21 Å². The molecule has 2 N–H and O–H groups in total. The summed E-state index contributed by atoms with van der Waals surface area (Å²) in [5, 5.41) is 20.7. The topological polar surface area (TPSA) is 83.9 Å². The summed E-state index contributed by atoms with van der Waals surface area (Å²) in [7, 11) is 0. The third kappa shape index (κ3) is 1.21. The van der Waals surface area contributed by atoms with Gasteiger partial charge in [0.15, 0.2) is 6.10 Å². The summed E-state index contributed by atoms with van der Waals surface area (Å²) in [6.45, 7) is 1.60. The van der Waals surface area contributed by atoms with E-state index in [4.69, 9.17) is 5.26 Å². The molecular weight excluding hydrogens is 124 g/mol. The van der Waals surface area contributed by atoms with Crippen molar-refractivity contribution in [3.63, 3.8) is 0 Å². The highest BCUT2D eigenvalue weighted by atomic mass is 17.1. The van der Waals surface area contributed by atoms with Gasteiger partial charge >= 0.3 is 0 Å². The highest BCUT2D eigenvalue weighted by molar-refractivity contribution is 4.79. The summed E-state index contributed by atoms with van der Waals surface area (Å²) in [5.41, 5.74) is 0. The molecule has 0 spiro atoms. The Hall–Kier alpha value is -1.01. The molecule has 1 atom stereocenters.